The first-order valence-corrected chi connectivity index (χ1v) is 5.08. The standard InChI is InChI=1S/C11H13N3/c1-2-11(13-4-1)9-3-5-14-8-12-7-10(14)6-9/h3,5-8,11,13H,1-2,4H2. The minimum atomic E-state index is 0.551. The van der Waals surface area contributed by atoms with Crippen LogP contribution in [0.3, 0.4) is 0 Å². The molecular weight excluding hydrogens is 174 g/mol. The van der Waals surface area contributed by atoms with E-state index in [4.69, 9.17) is 0 Å². The molecule has 0 aliphatic carbocycles. The van der Waals surface area contributed by atoms with Crippen LogP contribution in [0.5, 0.6) is 0 Å². The normalized spacial score (nSPS) is 21.9. The van der Waals surface area contributed by atoms with Gasteiger partial charge in [-0.05, 0) is 37.1 Å². The van der Waals surface area contributed by atoms with Gasteiger partial charge in [0, 0.05) is 12.2 Å². The van der Waals surface area contributed by atoms with Crippen LogP contribution in [0.1, 0.15) is 24.4 Å². The lowest BCUT2D eigenvalue weighted by atomic mass is 10.1. The van der Waals surface area contributed by atoms with Crippen molar-refractivity contribution in [2.45, 2.75) is 18.9 Å². The number of imidazole rings is 1. The summed E-state index contributed by atoms with van der Waals surface area (Å²) in [7, 11) is 0. The Hall–Kier alpha value is -1.35. The summed E-state index contributed by atoms with van der Waals surface area (Å²) in [6, 6.07) is 4.95. The maximum absolute atomic E-state index is 4.11. The lowest BCUT2D eigenvalue weighted by molar-refractivity contribution is 0.647. The first kappa shape index (κ1) is 8.00. The van der Waals surface area contributed by atoms with Gasteiger partial charge in [0.05, 0.1) is 18.0 Å². The van der Waals surface area contributed by atoms with E-state index < -0.39 is 0 Å². The Balaban J connectivity index is 2.04. The average Bonchev–Trinajstić information content (AvgIpc) is 2.88. The van der Waals surface area contributed by atoms with E-state index in [1.54, 1.807) is 0 Å². The molecule has 72 valence electrons. The summed E-state index contributed by atoms with van der Waals surface area (Å²) in [6.45, 7) is 1.15. The van der Waals surface area contributed by atoms with Crippen LogP contribution in [0.25, 0.3) is 5.52 Å². The number of aromatic nitrogens is 2. The third-order valence-corrected chi connectivity index (χ3v) is 2.90. The molecule has 2 aromatic rings. The minimum Gasteiger partial charge on any atom is -0.310 e. The van der Waals surface area contributed by atoms with Gasteiger partial charge < -0.3 is 9.72 Å². The van der Waals surface area contributed by atoms with E-state index in [1.165, 1.54) is 23.9 Å². The van der Waals surface area contributed by atoms with Gasteiger partial charge in [-0.25, -0.2) is 4.98 Å². The molecule has 1 atom stereocenters. The molecule has 1 N–H and O–H groups in total. The number of nitrogens with one attached hydrogen (secondary N) is 1. The van der Waals surface area contributed by atoms with E-state index in [9.17, 15) is 0 Å². The molecule has 0 saturated carbocycles. The fourth-order valence-corrected chi connectivity index (χ4v) is 2.12. The molecule has 1 aliphatic rings. The molecule has 0 spiro atoms. The van der Waals surface area contributed by atoms with E-state index in [1.807, 2.05) is 16.9 Å². The van der Waals surface area contributed by atoms with E-state index in [0.717, 1.165) is 6.54 Å². The van der Waals surface area contributed by atoms with Crippen LogP contribution in [0.2, 0.25) is 0 Å². The van der Waals surface area contributed by atoms with Gasteiger partial charge in [0.2, 0.25) is 0 Å². The average molecular weight is 187 g/mol. The Morgan fingerprint density at radius 3 is 3.36 bits per heavy atom. The molecule has 1 unspecified atom stereocenters. The van der Waals surface area contributed by atoms with Crippen molar-refractivity contribution < 1.29 is 0 Å². The summed E-state index contributed by atoms with van der Waals surface area (Å²) in [5.41, 5.74) is 2.56. The molecule has 0 amide bonds. The van der Waals surface area contributed by atoms with E-state index in [-0.39, 0.29) is 0 Å². The number of nitrogens with zero attached hydrogens (tertiary/aromatic N) is 2. The Labute approximate surface area is 82.8 Å². The Bertz CT molecular complexity index is 440. The van der Waals surface area contributed by atoms with Crippen molar-refractivity contribution in [2.75, 3.05) is 6.54 Å². The van der Waals surface area contributed by atoms with Crippen molar-refractivity contribution in [3.63, 3.8) is 0 Å². The SMILES string of the molecule is c1cn2cncc2cc1C1CCCN1. The summed E-state index contributed by atoms with van der Waals surface area (Å²) >= 11 is 0. The highest BCUT2D eigenvalue weighted by molar-refractivity contribution is 5.47. The zero-order valence-corrected chi connectivity index (χ0v) is 7.98. The number of pyridine rings is 1. The Morgan fingerprint density at radius 2 is 2.50 bits per heavy atom. The van der Waals surface area contributed by atoms with Crippen LogP contribution in [-0.2, 0) is 0 Å². The summed E-state index contributed by atoms with van der Waals surface area (Å²) in [5.74, 6) is 0. The van der Waals surface area contributed by atoms with E-state index >= 15 is 0 Å². The van der Waals surface area contributed by atoms with Crippen LogP contribution in [0.15, 0.2) is 30.9 Å². The third kappa shape index (κ3) is 1.21. The van der Waals surface area contributed by atoms with Crippen molar-refractivity contribution in [3.05, 3.63) is 36.4 Å². The smallest absolute Gasteiger partial charge is 0.0991 e. The second kappa shape index (κ2) is 3.10. The highest BCUT2D eigenvalue weighted by atomic mass is 15.0. The molecule has 1 fully saturated rings. The number of hydrogen-bond donors (Lipinski definition) is 1. The monoisotopic (exact) mass is 187 g/mol. The van der Waals surface area contributed by atoms with Gasteiger partial charge in [-0.15, -0.1) is 0 Å². The highest BCUT2D eigenvalue weighted by Crippen LogP contribution is 2.23. The van der Waals surface area contributed by atoms with E-state index in [2.05, 4.69) is 28.6 Å². The fraction of sp³-hybridized carbons (Fsp3) is 0.364. The maximum Gasteiger partial charge on any atom is 0.0991 e. The van der Waals surface area contributed by atoms with Crippen molar-refractivity contribution in [1.29, 1.82) is 0 Å². The third-order valence-electron chi connectivity index (χ3n) is 2.90. The summed E-state index contributed by atoms with van der Waals surface area (Å²) in [4.78, 5) is 4.11. The zero-order valence-electron chi connectivity index (χ0n) is 7.98. The van der Waals surface area contributed by atoms with Gasteiger partial charge in [0.1, 0.15) is 0 Å². The predicted octanol–water partition coefficient (Wildman–Crippen LogP) is 1.76. The second-order valence-electron chi connectivity index (χ2n) is 3.83. The van der Waals surface area contributed by atoms with Crippen molar-refractivity contribution in [1.82, 2.24) is 14.7 Å². The predicted molar refractivity (Wildman–Crippen MR) is 55.2 cm³/mol. The van der Waals surface area contributed by atoms with Gasteiger partial charge in [-0.3, -0.25) is 0 Å². The van der Waals surface area contributed by atoms with Gasteiger partial charge in [-0.1, -0.05) is 0 Å². The van der Waals surface area contributed by atoms with Crippen LogP contribution in [0, 0.1) is 0 Å². The molecule has 1 saturated heterocycles. The summed E-state index contributed by atoms with van der Waals surface area (Å²) < 4.78 is 2.04. The Kier molecular flexibility index (Phi) is 1.77. The quantitative estimate of drug-likeness (QED) is 0.737. The van der Waals surface area contributed by atoms with Crippen molar-refractivity contribution in [2.24, 2.45) is 0 Å². The molecule has 3 heterocycles. The van der Waals surface area contributed by atoms with Crippen molar-refractivity contribution in [3.8, 4) is 0 Å². The first-order chi connectivity index (χ1) is 6.93. The van der Waals surface area contributed by atoms with Crippen LogP contribution >= 0.6 is 0 Å². The second-order valence-corrected chi connectivity index (χ2v) is 3.83. The van der Waals surface area contributed by atoms with Crippen LogP contribution in [-0.4, -0.2) is 15.9 Å². The largest absolute Gasteiger partial charge is 0.310 e. The number of rotatable bonds is 1. The van der Waals surface area contributed by atoms with E-state index in [0.29, 0.717) is 6.04 Å². The molecular formula is C11H13N3. The molecule has 1 aliphatic heterocycles. The molecule has 0 bridgehead atoms. The van der Waals surface area contributed by atoms with Crippen molar-refractivity contribution >= 4 is 5.52 Å². The zero-order chi connectivity index (χ0) is 9.38. The molecule has 3 heteroatoms. The summed E-state index contributed by atoms with van der Waals surface area (Å²) in [6.07, 6.45) is 8.36. The topological polar surface area (TPSA) is 29.3 Å². The summed E-state index contributed by atoms with van der Waals surface area (Å²) in [5, 5.41) is 3.50. The molecule has 3 rings (SSSR count). The van der Waals surface area contributed by atoms with Gasteiger partial charge in [0.25, 0.3) is 0 Å². The molecule has 14 heavy (non-hydrogen) atoms. The highest BCUT2D eigenvalue weighted by Gasteiger charge is 2.15. The molecule has 0 radical (unpaired) electrons. The molecule has 0 aromatic carbocycles. The lowest BCUT2D eigenvalue weighted by Gasteiger charge is -2.10. The molecule has 2 aromatic heterocycles. The maximum atomic E-state index is 4.11. The van der Waals surface area contributed by atoms with Crippen LogP contribution in [0.4, 0.5) is 0 Å². The van der Waals surface area contributed by atoms with Gasteiger partial charge in [0.15, 0.2) is 0 Å². The minimum absolute atomic E-state index is 0.551. The van der Waals surface area contributed by atoms with Crippen LogP contribution < -0.4 is 5.32 Å². The lowest BCUT2D eigenvalue weighted by Crippen LogP contribution is -2.12. The number of fused-ring (bicyclic) bond motifs is 1. The Morgan fingerprint density at radius 1 is 1.50 bits per heavy atom. The van der Waals surface area contributed by atoms with Gasteiger partial charge in [-0.2, -0.15) is 0 Å². The number of hydrogen-bond acceptors (Lipinski definition) is 2. The fourth-order valence-electron chi connectivity index (χ4n) is 2.12. The molecule has 3 nitrogen and oxygen atoms in total. The van der Waals surface area contributed by atoms with Gasteiger partial charge >= 0.3 is 0 Å². The first-order valence-electron chi connectivity index (χ1n) is 5.08.